The van der Waals surface area contributed by atoms with E-state index in [4.69, 9.17) is 9.47 Å². The maximum Gasteiger partial charge on any atom is 0.191 e. The fourth-order valence-corrected chi connectivity index (χ4v) is 2.18. The summed E-state index contributed by atoms with van der Waals surface area (Å²) in [6.07, 6.45) is 0.812. The quantitative estimate of drug-likeness (QED) is 0.267. The van der Waals surface area contributed by atoms with Crippen LogP contribution in [0.4, 0.5) is 4.39 Å². The second-order valence-electron chi connectivity index (χ2n) is 5.32. The van der Waals surface area contributed by atoms with E-state index in [9.17, 15) is 4.39 Å². The minimum atomic E-state index is -0.224. The van der Waals surface area contributed by atoms with E-state index in [0.717, 1.165) is 17.9 Å². The van der Waals surface area contributed by atoms with E-state index in [1.54, 1.807) is 26.3 Å². The molecule has 0 bridgehead atoms. The first kappa shape index (κ1) is 22.0. The predicted molar refractivity (Wildman–Crippen MR) is 113 cm³/mol. The Morgan fingerprint density at radius 2 is 1.73 bits per heavy atom. The normalized spacial score (nSPS) is 10.7. The highest BCUT2D eigenvalue weighted by Gasteiger charge is 2.02. The van der Waals surface area contributed by atoms with Crippen molar-refractivity contribution in [2.75, 3.05) is 27.3 Å². The van der Waals surface area contributed by atoms with E-state index in [-0.39, 0.29) is 29.8 Å². The lowest BCUT2D eigenvalue weighted by Gasteiger charge is -2.12. The van der Waals surface area contributed by atoms with Gasteiger partial charge in [-0.25, -0.2) is 4.39 Å². The first-order valence-electron chi connectivity index (χ1n) is 8.17. The molecular formula is C19H25FIN3O2. The molecule has 0 fully saturated rings. The molecule has 0 amide bonds. The lowest BCUT2D eigenvalue weighted by atomic mass is 10.2. The predicted octanol–water partition coefficient (Wildman–Crippen LogP) is 3.59. The maximum atomic E-state index is 13.6. The first-order valence-corrected chi connectivity index (χ1v) is 8.17. The van der Waals surface area contributed by atoms with Crippen LogP contribution in [-0.4, -0.2) is 33.3 Å². The summed E-state index contributed by atoms with van der Waals surface area (Å²) in [6, 6.07) is 14.2. The van der Waals surface area contributed by atoms with Crippen molar-refractivity contribution in [2.24, 2.45) is 4.99 Å². The molecule has 0 atom stereocenters. The molecule has 0 unspecified atom stereocenters. The van der Waals surface area contributed by atoms with E-state index < -0.39 is 0 Å². The molecule has 0 saturated heterocycles. The molecular weight excluding hydrogens is 448 g/mol. The number of benzene rings is 2. The zero-order chi connectivity index (χ0) is 17.9. The Balaban J connectivity index is 0.00000338. The zero-order valence-corrected chi connectivity index (χ0v) is 17.3. The highest BCUT2D eigenvalue weighted by molar-refractivity contribution is 14.0. The maximum absolute atomic E-state index is 13.6. The Morgan fingerprint density at radius 1 is 1.04 bits per heavy atom. The van der Waals surface area contributed by atoms with Crippen LogP contribution in [0.25, 0.3) is 0 Å². The molecule has 2 N–H and O–H groups in total. The monoisotopic (exact) mass is 473 g/mol. The molecule has 0 aliphatic heterocycles. The SMILES string of the molecule is CN=C(NCCCOc1ccc(OC)cc1)NCc1ccccc1F.I. The molecule has 0 heterocycles. The van der Waals surface area contributed by atoms with Gasteiger partial charge >= 0.3 is 0 Å². The molecule has 0 saturated carbocycles. The van der Waals surface area contributed by atoms with Gasteiger partial charge in [0.2, 0.25) is 0 Å². The van der Waals surface area contributed by atoms with E-state index in [0.29, 0.717) is 31.2 Å². The van der Waals surface area contributed by atoms with Crippen molar-refractivity contribution in [1.82, 2.24) is 10.6 Å². The van der Waals surface area contributed by atoms with Crippen LogP contribution in [0.3, 0.4) is 0 Å². The third-order valence-corrected chi connectivity index (χ3v) is 3.57. The van der Waals surface area contributed by atoms with Gasteiger partial charge < -0.3 is 20.1 Å². The van der Waals surface area contributed by atoms with Crippen molar-refractivity contribution in [3.63, 3.8) is 0 Å². The number of ether oxygens (including phenoxy) is 2. The Hall–Kier alpha value is -2.03. The van der Waals surface area contributed by atoms with Crippen LogP contribution in [0, 0.1) is 5.82 Å². The summed E-state index contributed by atoms with van der Waals surface area (Å²) in [5.74, 6) is 2.02. The number of hydrogen-bond acceptors (Lipinski definition) is 3. The number of nitrogens with one attached hydrogen (secondary N) is 2. The molecule has 0 aliphatic rings. The summed E-state index contributed by atoms with van der Waals surface area (Å²) < 4.78 is 24.3. The topological polar surface area (TPSA) is 54.9 Å². The van der Waals surface area contributed by atoms with E-state index >= 15 is 0 Å². The van der Waals surface area contributed by atoms with Crippen molar-refractivity contribution in [3.8, 4) is 11.5 Å². The fraction of sp³-hybridized carbons (Fsp3) is 0.316. The lowest BCUT2D eigenvalue weighted by Crippen LogP contribution is -2.37. The molecule has 26 heavy (non-hydrogen) atoms. The summed E-state index contributed by atoms with van der Waals surface area (Å²) in [7, 11) is 3.32. The second-order valence-corrected chi connectivity index (χ2v) is 5.32. The van der Waals surface area contributed by atoms with Crippen LogP contribution in [-0.2, 0) is 6.54 Å². The highest BCUT2D eigenvalue weighted by atomic mass is 127. The second kappa shape index (κ2) is 12.3. The summed E-state index contributed by atoms with van der Waals surface area (Å²) in [6.45, 7) is 1.67. The molecule has 2 aromatic carbocycles. The molecule has 7 heteroatoms. The zero-order valence-electron chi connectivity index (χ0n) is 15.0. The largest absolute Gasteiger partial charge is 0.497 e. The van der Waals surface area contributed by atoms with E-state index in [1.807, 2.05) is 30.3 Å². The smallest absolute Gasteiger partial charge is 0.191 e. The third kappa shape index (κ3) is 7.47. The number of methoxy groups -OCH3 is 1. The summed E-state index contributed by atoms with van der Waals surface area (Å²) >= 11 is 0. The summed E-state index contributed by atoms with van der Waals surface area (Å²) in [4.78, 5) is 4.12. The van der Waals surface area contributed by atoms with Crippen molar-refractivity contribution in [2.45, 2.75) is 13.0 Å². The van der Waals surface area contributed by atoms with Crippen molar-refractivity contribution in [1.29, 1.82) is 0 Å². The van der Waals surface area contributed by atoms with Gasteiger partial charge in [0.25, 0.3) is 0 Å². The molecule has 142 valence electrons. The number of halogens is 2. The summed E-state index contributed by atoms with van der Waals surface area (Å²) in [5.41, 5.74) is 0.605. The van der Waals surface area contributed by atoms with E-state index in [2.05, 4.69) is 15.6 Å². The van der Waals surface area contributed by atoms with Gasteiger partial charge in [-0.15, -0.1) is 24.0 Å². The Labute approximate surface area is 171 Å². The van der Waals surface area contributed by atoms with Crippen LogP contribution in [0.5, 0.6) is 11.5 Å². The van der Waals surface area contributed by atoms with Crippen LogP contribution in [0.15, 0.2) is 53.5 Å². The van der Waals surface area contributed by atoms with Crippen LogP contribution >= 0.6 is 24.0 Å². The van der Waals surface area contributed by atoms with Gasteiger partial charge in [-0.1, -0.05) is 18.2 Å². The highest BCUT2D eigenvalue weighted by Crippen LogP contribution is 2.16. The van der Waals surface area contributed by atoms with Crippen LogP contribution in [0.1, 0.15) is 12.0 Å². The minimum Gasteiger partial charge on any atom is -0.497 e. The van der Waals surface area contributed by atoms with Gasteiger partial charge in [-0.2, -0.15) is 0 Å². The average molecular weight is 473 g/mol. The van der Waals surface area contributed by atoms with Crippen molar-refractivity contribution >= 4 is 29.9 Å². The van der Waals surface area contributed by atoms with Crippen LogP contribution in [0.2, 0.25) is 0 Å². The van der Waals surface area contributed by atoms with Crippen molar-refractivity contribution in [3.05, 3.63) is 59.9 Å². The molecule has 0 radical (unpaired) electrons. The van der Waals surface area contributed by atoms with Gasteiger partial charge in [0, 0.05) is 25.7 Å². The number of hydrogen-bond donors (Lipinski definition) is 2. The molecule has 0 aromatic heterocycles. The average Bonchev–Trinajstić information content (AvgIpc) is 2.65. The van der Waals surface area contributed by atoms with Gasteiger partial charge in [0.05, 0.1) is 13.7 Å². The van der Waals surface area contributed by atoms with Crippen molar-refractivity contribution < 1.29 is 13.9 Å². The molecule has 5 nitrogen and oxygen atoms in total. The van der Waals surface area contributed by atoms with Gasteiger partial charge in [0.15, 0.2) is 5.96 Å². The molecule has 2 rings (SSSR count). The van der Waals surface area contributed by atoms with Gasteiger partial charge in [-0.05, 0) is 36.8 Å². The standard InChI is InChI=1S/C19H24FN3O2.HI/c1-21-19(23-14-15-6-3-4-7-18(15)20)22-12-5-13-25-17-10-8-16(24-2)9-11-17;/h3-4,6-11H,5,12-14H2,1-2H3,(H2,21,22,23);1H. The Morgan fingerprint density at radius 3 is 2.38 bits per heavy atom. The minimum absolute atomic E-state index is 0. The fourth-order valence-electron chi connectivity index (χ4n) is 2.18. The summed E-state index contributed by atoms with van der Waals surface area (Å²) in [5, 5.41) is 6.27. The Bertz CT molecular complexity index is 681. The van der Waals surface area contributed by atoms with Gasteiger partial charge in [-0.3, -0.25) is 4.99 Å². The first-order chi connectivity index (χ1) is 12.2. The van der Waals surface area contributed by atoms with Crippen LogP contribution < -0.4 is 20.1 Å². The molecule has 0 aliphatic carbocycles. The number of guanidine groups is 1. The lowest BCUT2D eigenvalue weighted by molar-refractivity contribution is 0.310. The van der Waals surface area contributed by atoms with E-state index in [1.165, 1.54) is 6.07 Å². The number of rotatable bonds is 8. The number of aliphatic imine (C=N–C) groups is 1. The third-order valence-electron chi connectivity index (χ3n) is 3.57. The number of nitrogens with zero attached hydrogens (tertiary/aromatic N) is 1. The molecule has 0 spiro atoms. The molecule has 2 aromatic rings. The Kier molecular flexibility index (Phi) is 10.5. The van der Waals surface area contributed by atoms with Gasteiger partial charge in [0.1, 0.15) is 17.3 Å².